The predicted octanol–water partition coefficient (Wildman–Crippen LogP) is 4.48. The number of halogens is 1. The molecule has 1 heterocycles. The fourth-order valence-corrected chi connectivity index (χ4v) is 3.49. The van der Waals surface area contributed by atoms with Crippen molar-refractivity contribution in [2.45, 2.75) is 31.8 Å². The fourth-order valence-electron chi connectivity index (χ4n) is 3.31. The van der Waals surface area contributed by atoms with Gasteiger partial charge in [0.15, 0.2) is 0 Å². The molecular formula is C23H26ClNO3. The van der Waals surface area contributed by atoms with Gasteiger partial charge in [-0.15, -0.1) is 0 Å². The van der Waals surface area contributed by atoms with Crippen molar-refractivity contribution < 1.29 is 14.6 Å². The van der Waals surface area contributed by atoms with Crippen LogP contribution in [0.5, 0.6) is 5.75 Å². The molecule has 0 bridgehead atoms. The monoisotopic (exact) mass is 399 g/mol. The molecule has 2 aromatic carbocycles. The van der Waals surface area contributed by atoms with Gasteiger partial charge in [0, 0.05) is 19.2 Å². The molecule has 1 fully saturated rings. The fraction of sp³-hybridized carbons (Fsp3) is 0.348. The van der Waals surface area contributed by atoms with Crippen molar-refractivity contribution in [2.75, 3.05) is 19.7 Å². The number of hydrogen-bond donors (Lipinski definition) is 1. The second kappa shape index (κ2) is 9.26. The molecule has 0 aliphatic carbocycles. The number of nitrogens with zero attached hydrogens (tertiary/aromatic N) is 1. The molecule has 2 aromatic rings. The van der Waals surface area contributed by atoms with Crippen molar-refractivity contribution in [3.8, 4) is 5.75 Å². The Labute approximate surface area is 171 Å². The van der Waals surface area contributed by atoms with Gasteiger partial charge in [0.05, 0.1) is 5.02 Å². The second-order valence-electron chi connectivity index (χ2n) is 7.37. The van der Waals surface area contributed by atoms with Crippen LogP contribution >= 0.6 is 11.6 Å². The maximum absolute atomic E-state index is 12.5. The molecule has 1 atom stereocenters. The van der Waals surface area contributed by atoms with Gasteiger partial charge in [0.2, 0.25) is 5.91 Å². The summed E-state index contributed by atoms with van der Waals surface area (Å²) in [5.41, 5.74) is 1.07. The van der Waals surface area contributed by atoms with Crippen molar-refractivity contribution in [1.82, 2.24) is 4.90 Å². The topological polar surface area (TPSA) is 49.8 Å². The van der Waals surface area contributed by atoms with E-state index in [4.69, 9.17) is 16.3 Å². The highest BCUT2D eigenvalue weighted by molar-refractivity contribution is 6.32. The van der Waals surface area contributed by atoms with Crippen LogP contribution in [0.25, 0.3) is 6.08 Å². The normalized spacial score (nSPS) is 20.2. The second-order valence-corrected chi connectivity index (χ2v) is 7.78. The third-order valence-electron chi connectivity index (χ3n) is 5.03. The first-order chi connectivity index (χ1) is 13.5. The summed E-state index contributed by atoms with van der Waals surface area (Å²) in [5, 5.41) is 11.5. The van der Waals surface area contributed by atoms with Gasteiger partial charge in [0.25, 0.3) is 0 Å². The Balaban J connectivity index is 1.56. The molecular weight excluding hydrogens is 374 g/mol. The van der Waals surface area contributed by atoms with Crippen LogP contribution < -0.4 is 4.74 Å². The van der Waals surface area contributed by atoms with Gasteiger partial charge < -0.3 is 14.7 Å². The minimum absolute atomic E-state index is 0.0317. The van der Waals surface area contributed by atoms with Crippen LogP contribution in [0.1, 0.15) is 30.4 Å². The van der Waals surface area contributed by atoms with E-state index in [1.54, 1.807) is 17.0 Å². The lowest BCUT2D eigenvalue weighted by molar-refractivity contribution is -0.126. The summed E-state index contributed by atoms with van der Waals surface area (Å²) in [6.07, 6.45) is 5.21. The number of carbonyl (C=O) groups excluding carboxylic acids is 1. The number of rotatable bonds is 5. The number of ether oxygens (including phenoxy) is 1. The number of amides is 1. The summed E-state index contributed by atoms with van der Waals surface area (Å²) >= 11 is 6.17. The Kier molecular flexibility index (Phi) is 6.76. The smallest absolute Gasteiger partial charge is 0.246 e. The molecule has 0 aromatic heterocycles. The number of aliphatic hydroxyl groups is 1. The van der Waals surface area contributed by atoms with Gasteiger partial charge in [0.1, 0.15) is 18.0 Å². The van der Waals surface area contributed by atoms with E-state index in [0.29, 0.717) is 36.7 Å². The molecule has 4 nitrogen and oxygen atoms in total. The largest absolute Gasteiger partial charge is 0.489 e. The van der Waals surface area contributed by atoms with Crippen molar-refractivity contribution in [3.63, 3.8) is 0 Å². The van der Waals surface area contributed by atoms with Gasteiger partial charge in [-0.2, -0.15) is 0 Å². The molecule has 28 heavy (non-hydrogen) atoms. The van der Waals surface area contributed by atoms with Crippen LogP contribution in [-0.2, 0) is 4.79 Å². The number of carbonyl (C=O) groups is 1. The summed E-state index contributed by atoms with van der Waals surface area (Å²) in [5.74, 6) is 0.550. The molecule has 1 saturated heterocycles. The molecule has 1 aliphatic rings. The zero-order chi connectivity index (χ0) is 20.0. The number of aryl methyl sites for hydroxylation is 1. The first-order valence-electron chi connectivity index (χ1n) is 9.59. The summed E-state index contributed by atoms with van der Waals surface area (Å²) < 4.78 is 5.82. The van der Waals surface area contributed by atoms with Crippen molar-refractivity contribution >= 4 is 23.6 Å². The Morgan fingerprint density at radius 3 is 2.79 bits per heavy atom. The third-order valence-corrected chi connectivity index (χ3v) is 5.34. The van der Waals surface area contributed by atoms with Gasteiger partial charge in [-0.05, 0) is 55.5 Å². The Morgan fingerprint density at radius 2 is 2.00 bits per heavy atom. The highest BCUT2D eigenvalue weighted by Crippen LogP contribution is 2.29. The summed E-state index contributed by atoms with van der Waals surface area (Å²) in [4.78, 5) is 14.3. The first-order valence-corrected chi connectivity index (χ1v) is 9.96. The van der Waals surface area contributed by atoms with E-state index in [-0.39, 0.29) is 12.5 Å². The van der Waals surface area contributed by atoms with E-state index in [1.165, 1.54) is 0 Å². The molecule has 1 N–H and O–H groups in total. The Bertz CT molecular complexity index is 837. The molecule has 3 rings (SSSR count). The van der Waals surface area contributed by atoms with Gasteiger partial charge in [-0.1, -0.05) is 48.0 Å². The molecule has 0 spiro atoms. The third kappa shape index (κ3) is 5.60. The minimum atomic E-state index is -0.967. The van der Waals surface area contributed by atoms with Crippen LogP contribution in [0.3, 0.4) is 0 Å². The molecule has 5 heteroatoms. The quantitative estimate of drug-likeness (QED) is 0.754. The molecule has 1 amide bonds. The van der Waals surface area contributed by atoms with Gasteiger partial charge in [-0.25, -0.2) is 0 Å². The zero-order valence-electron chi connectivity index (χ0n) is 16.1. The molecule has 1 aliphatic heterocycles. The molecule has 148 valence electrons. The van der Waals surface area contributed by atoms with Crippen molar-refractivity contribution in [3.05, 3.63) is 70.8 Å². The van der Waals surface area contributed by atoms with Crippen molar-refractivity contribution in [2.24, 2.45) is 0 Å². The Hall–Kier alpha value is -2.30. The van der Waals surface area contributed by atoms with E-state index in [0.717, 1.165) is 17.5 Å². The van der Waals surface area contributed by atoms with E-state index < -0.39 is 5.60 Å². The summed E-state index contributed by atoms with van der Waals surface area (Å²) in [6.45, 7) is 3.26. The zero-order valence-corrected chi connectivity index (χ0v) is 16.9. The van der Waals surface area contributed by atoms with E-state index >= 15 is 0 Å². The molecule has 1 unspecified atom stereocenters. The Morgan fingerprint density at radius 1 is 1.21 bits per heavy atom. The molecule has 0 saturated carbocycles. The lowest BCUT2D eigenvalue weighted by Gasteiger charge is -2.27. The van der Waals surface area contributed by atoms with Gasteiger partial charge >= 0.3 is 0 Å². The molecule has 0 radical (unpaired) electrons. The number of hydrogen-bond acceptors (Lipinski definition) is 3. The summed E-state index contributed by atoms with van der Waals surface area (Å²) in [7, 11) is 0. The highest BCUT2D eigenvalue weighted by atomic mass is 35.5. The first kappa shape index (κ1) is 20.4. The van der Waals surface area contributed by atoms with Crippen LogP contribution in [-0.4, -0.2) is 41.2 Å². The van der Waals surface area contributed by atoms with E-state index in [2.05, 4.69) is 0 Å². The van der Waals surface area contributed by atoms with Crippen molar-refractivity contribution in [1.29, 1.82) is 0 Å². The number of benzene rings is 2. The average molecular weight is 400 g/mol. The minimum Gasteiger partial charge on any atom is -0.489 e. The van der Waals surface area contributed by atoms with Gasteiger partial charge in [-0.3, -0.25) is 4.79 Å². The van der Waals surface area contributed by atoms with Crippen LogP contribution in [0, 0.1) is 6.92 Å². The average Bonchev–Trinajstić information content (AvgIpc) is 2.90. The van der Waals surface area contributed by atoms with Crippen LogP contribution in [0.4, 0.5) is 0 Å². The maximum Gasteiger partial charge on any atom is 0.246 e. The lowest BCUT2D eigenvalue weighted by atomic mass is 9.96. The number of likely N-dealkylation sites (tertiary alicyclic amines) is 1. The summed E-state index contributed by atoms with van der Waals surface area (Å²) in [6, 6.07) is 15.3. The van der Waals surface area contributed by atoms with E-state index in [1.807, 2.05) is 55.5 Å². The lowest BCUT2D eigenvalue weighted by Crippen LogP contribution is -2.38. The highest BCUT2D eigenvalue weighted by Gasteiger charge is 2.32. The maximum atomic E-state index is 12.5. The van der Waals surface area contributed by atoms with Crippen LogP contribution in [0.15, 0.2) is 54.6 Å². The standard InChI is InChI=1S/C23H26ClNO3/c1-18-8-10-20(24)21(16-18)28-17-23(27)12-5-14-25(15-13-23)22(26)11-9-19-6-3-2-4-7-19/h2-4,6-11,16,27H,5,12-15,17H2,1H3. The van der Waals surface area contributed by atoms with E-state index in [9.17, 15) is 9.90 Å². The SMILES string of the molecule is Cc1ccc(Cl)c(OCC2(O)CCCN(C(=O)C=Cc3ccccc3)CC2)c1. The predicted molar refractivity (Wildman–Crippen MR) is 113 cm³/mol. The van der Waals surface area contributed by atoms with Crippen LogP contribution in [0.2, 0.25) is 5.02 Å².